The van der Waals surface area contributed by atoms with Crippen LogP contribution in [0.5, 0.6) is 0 Å². The maximum atomic E-state index is 12.2. The molecule has 4 rings (SSSR count). The Kier molecular flexibility index (Phi) is 3.48. The van der Waals surface area contributed by atoms with Gasteiger partial charge in [0, 0.05) is 36.1 Å². The molecule has 0 bridgehead atoms. The third-order valence-corrected chi connectivity index (χ3v) is 6.78. The molecule has 0 N–H and O–H groups in total. The largest absolute Gasteiger partial charge is 0.297 e. The number of hydrogen-bond donors (Lipinski definition) is 0. The summed E-state index contributed by atoms with van der Waals surface area (Å²) in [6.45, 7) is 3.28. The normalized spacial score (nSPS) is 24.5. The van der Waals surface area contributed by atoms with E-state index in [4.69, 9.17) is 0 Å². The molecule has 0 saturated carbocycles. The molecule has 122 valence electrons. The monoisotopic (exact) mass is 349 g/mol. The van der Waals surface area contributed by atoms with Gasteiger partial charge in [0.25, 0.3) is 0 Å². The van der Waals surface area contributed by atoms with E-state index in [0.29, 0.717) is 6.54 Å². The summed E-state index contributed by atoms with van der Waals surface area (Å²) in [4.78, 5) is 8.32. The van der Waals surface area contributed by atoms with Gasteiger partial charge in [-0.15, -0.1) is 11.3 Å². The van der Waals surface area contributed by atoms with Crippen molar-refractivity contribution in [2.75, 3.05) is 30.2 Å². The van der Waals surface area contributed by atoms with Gasteiger partial charge in [0.15, 0.2) is 0 Å². The van der Waals surface area contributed by atoms with Crippen LogP contribution in [-0.4, -0.2) is 44.2 Å². The maximum absolute atomic E-state index is 12.2. The number of sulfonamides is 1. The second kappa shape index (κ2) is 5.29. The Hall–Kier alpha value is -1.44. The lowest BCUT2D eigenvalue weighted by Crippen LogP contribution is -2.38. The molecule has 0 amide bonds. The summed E-state index contributed by atoms with van der Waals surface area (Å²) in [5.74, 6) is 0. The predicted molar refractivity (Wildman–Crippen MR) is 92.3 cm³/mol. The zero-order valence-electron chi connectivity index (χ0n) is 13.0. The van der Waals surface area contributed by atoms with Gasteiger partial charge in [-0.1, -0.05) is 6.07 Å². The lowest BCUT2D eigenvalue weighted by molar-refractivity contribution is 0.309. The summed E-state index contributed by atoms with van der Waals surface area (Å²) >= 11 is 1.77. The second-order valence-electron chi connectivity index (χ2n) is 6.46. The van der Waals surface area contributed by atoms with E-state index in [0.717, 1.165) is 37.4 Å². The molecule has 2 aromatic heterocycles. The molecule has 5 nitrogen and oxygen atoms in total. The molecular weight excluding hydrogens is 330 g/mol. The standard InChI is InChI=1S/C16H19N3O2S2/c1-23(20,21)19-12-16(15-14(19)5-2-7-17-15)6-8-18(11-16)10-13-4-3-9-22-13/h2-5,7,9H,6,8,10-12H2,1H3/t16-/m1/s1. The molecule has 1 saturated heterocycles. The minimum absolute atomic E-state index is 0.170. The molecule has 1 spiro atoms. The van der Waals surface area contributed by atoms with Crippen molar-refractivity contribution in [1.29, 1.82) is 0 Å². The minimum Gasteiger partial charge on any atom is -0.297 e. The van der Waals surface area contributed by atoms with Crippen LogP contribution in [0.3, 0.4) is 0 Å². The second-order valence-corrected chi connectivity index (χ2v) is 9.40. The highest BCUT2D eigenvalue weighted by molar-refractivity contribution is 7.92. The fourth-order valence-corrected chi connectivity index (χ4v) is 5.51. The number of pyridine rings is 1. The topological polar surface area (TPSA) is 53.5 Å². The van der Waals surface area contributed by atoms with Crippen LogP contribution in [0.15, 0.2) is 35.8 Å². The third-order valence-electron chi connectivity index (χ3n) is 4.80. The molecule has 2 aromatic rings. The smallest absolute Gasteiger partial charge is 0.232 e. The number of rotatable bonds is 3. The van der Waals surface area contributed by atoms with Gasteiger partial charge in [-0.2, -0.15) is 0 Å². The van der Waals surface area contributed by atoms with Crippen molar-refractivity contribution < 1.29 is 8.42 Å². The third kappa shape index (κ3) is 2.56. The first-order valence-electron chi connectivity index (χ1n) is 7.66. The summed E-state index contributed by atoms with van der Waals surface area (Å²) in [5, 5.41) is 2.10. The van der Waals surface area contributed by atoms with E-state index in [1.807, 2.05) is 12.1 Å². The molecule has 23 heavy (non-hydrogen) atoms. The van der Waals surface area contributed by atoms with E-state index in [1.165, 1.54) is 15.4 Å². The van der Waals surface area contributed by atoms with Crippen molar-refractivity contribution in [1.82, 2.24) is 9.88 Å². The number of likely N-dealkylation sites (tertiary alicyclic amines) is 1. The van der Waals surface area contributed by atoms with Gasteiger partial charge in [-0.05, 0) is 36.5 Å². The Bertz CT molecular complexity index is 820. The van der Waals surface area contributed by atoms with Crippen LogP contribution in [-0.2, 0) is 22.0 Å². The van der Waals surface area contributed by atoms with Crippen LogP contribution in [0.2, 0.25) is 0 Å². The van der Waals surface area contributed by atoms with Gasteiger partial charge in [0.1, 0.15) is 0 Å². The first kappa shape index (κ1) is 15.1. The summed E-state index contributed by atoms with van der Waals surface area (Å²) in [6.07, 6.45) is 4.00. The number of fused-ring (bicyclic) bond motifs is 2. The molecule has 0 unspecified atom stereocenters. The predicted octanol–water partition coefficient (Wildman–Crippen LogP) is 2.07. The van der Waals surface area contributed by atoms with Crippen LogP contribution >= 0.6 is 11.3 Å². The first-order chi connectivity index (χ1) is 11.0. The average molecular weight is 349 g/mol. The van der Waals surface area contributed by atoms with Crippen molar-refractivity contribution in [2.24, 2.45) is 0 Å². The number of nitrogens with zero attached hydrogens (tertiary/aromatic N) is 3. The Labute approximate surface area is 140 Å². The van der Waals surface area contributed by atoms with Crippen molar-refractivity contribution in [2.45, 2.75) is 18.4 Å². The van der Waals surface area contributed by atoms with E-state index in [-0.39, 0.29) is 5.41 Å². The fraction of sp³-hybridized carbons (Fsp3) is 0.438. The van der Waals surface area contributed by atoms with E-state index in [2.05, 4.69) is 27.4 Å². The van der Waals surface area contributed by atoms with E-state index < -0.39 is 10.0 Å². The van der Waals surface area contributed by atoms with Gasteiger partial charge >= 0.3 is 0 Å². The highest BCUT2D eigenvalue weighted by Gasteiger charge is 2.50. The molecule has 1 atom stereocenters. The summed E-state index contributed by atoms with van der Waals surface area (Å²) in [5.41, 5.74) is 1.53. The van der Waals surface area contributed by atoms with Gasteiger partial charge in [-0.3, -0.25) is 14.2 Å². The lowest BCUT2D eigenvalue weighted by Gasteiger charge is -2.24. The van der Waals surface area contributed by atoms with Crippen molar-refractivity contribution in [3.8, 4) is 0 Å². The Morgan fingerprint density at radius 2 is 2.17 bits per heavy atom. The van der Waals surface area contributed by atoms with E-state index >= 15 is 0 Å². The average Bonchev–Trinajstić information content (AvgIpc) is 3.21. The highest BCUT2D eigenvalue weighted by atomic mass is 32.2. The zero-order chi connectivity index (χ0) is 16.1. The van der Waals surface area contributed by atoms with Crippen LogP contribution < -0.4 is 4.31 Å². The molecular formula is C16H19N3O2S2. The molecule has 0 radical (unpaired) electrons. The van der Waals surface area contributed by atoms with Crippen LogP contribution in [0.25, 0.3) is 0 Å². The Morgan fingerprint density at radius 3 is 2.91 bits per heavy atom. The molecule has 0 aromatic carbocycles. The fourth-order valence-electron chi connectivity index (χ4n) is 3.78. The van der Waals surface area contributed by atoms with Gasteiger partial charge < -0.3 is 0 Å². The number of aromatic nitrogens is 1. The Morgan fingerprint density at radius 1 is 1.30 bits per heavy atom. The van der Waals surface area contributed by atoms with Gasteiger partial charge in [0.2, 0.25) is 10.0 Å². The quantitative estimate of drug-likeness (QED) is 0.851. The molecule has 4 heterocycles. The van der Waals surface area contributed by atoms with Crippen molar-refractivity contribution >= 4 is 27.0 Å². The first-order valence-corrected chi connectivity index (χ1v) is 10.4. The van der Waals surface area contributed by atoms with Crippen molar-refractivity contribution in [3.63, 3.8) is 0 Å². The lowest BCUT2D eigenvalue weighted by atomic mass is 9.85. The minimum atomic E-state index is -3.27. The van der Waals surface area contributed by atoms with Crippen molar-refractivity contribution in [3.05, 3.63) is 46.4 Å². The number of anilines is 1. The summed E-state index contributed by atoms with van der Waals surface area (Å²) in [7, 11) is -3.27. The van der Waals surface area contributed by atoms with Gasteiger partial charge in [0.05, 0.1) is 17.6 Å². The SMILES string of the molecule is CS(=O)(=O)N1C[C@]2(CCN(Cc3cccs3)C2)c2ncccc21. The van der Waals surface area contributed by atoms with Crippen LogP contribution in [0.4, 0.5) is 5.69 Å². The molecule has 7 heteroatoms. The van der Waals surface area contributed by atoms with Crippen LogP contribution in [0.1, 0.15) is 17.0 Å². The van der Waals surface area contributed by atoms with Gasteiger partial charge in [-0.25, -0.2) is 8.42 Å². The summed E-state index contributed by atoms with van der Waals surface area (Å²) in [6, 6.07) is 7.91. The molecule has 2 aliphatic rings. The number of hydrogen-bond acceptors (Lipinski definition) is 5. The molecule has 1 fully saturated rings. The molecule has 2 aliphatic heterocycles. The van der Waals surface area contributed by atoms with E-state index in [1.54, 1.807) is 17.5 Å². The zero-order valence-corrected chi connectivity index (χ0v) is 14.6. The number of thiophene rings is 1. The Balaban J connectivity index is 1.65. The summed E-state index contributed by atoms with van der Waals surface area (Å²) < 4.78 is 25.9. The maximum Gasteiger partial charge on any atom is 0.232 e. The van der Waals surface area contributed by atoms with E-state index in [9.17, 15) is 8.42 Å². The molecule has 0 aliphatic carbocycles. The highest BCUT2D eigenvalue weighted by Crippen LogP contribution is 2.46. The van der Waals surface area contributed by atoms with Crippen LogP contribution in [0, 0.1) is 0 Å².